The fourth-order valence-electron chi connectivity index (χ4n) is 2.76. The Hall–Kier alpha value is -0.430. The predicted octanol–water partition coefficient (Wildman–Crippen LogP) is 2.89. The van der Waals surface area contributed by atoms with Crippen LogP contribution in [0.4, 0.5) is 0 Å². The van der Waals surface area contributed by atoms with Crippen LogP contribution in [0.15, 0.2) is 10.3 Å². The van der Waals surface area contributed by atoms with E-state index >= 15 is 0 Å². The van der Waals surface area contributed by atoms with Crippen molar-refractivity contribution in [3.63, 3.8) is 0 Å². The molecule has 20 heavy (non-hydrogen) atoms. The van der Waals surface area contributed by atoms with Gasteiger partial charge >= 0.3 is 0 Å². The van der Waals surface area contributed by atoms with Gasteiger partial charge in [-0.25, -0.2) is 8.42 Å². The maximum Gasteiger partial charge on any atom is 0.252 e. The molecule has 6 heteroatoms. The Labute approximate surface area is 125 Å². The van der Waals surface area contributed by atoms with Crippen LogP contribution in [0.2, 0.25) is 0 Å². The second kappa shape index (κ2) is 6.56. The van der Waals surface area contributed by atoms with Gasteiger partial charge in [-0.2, -0.15) is 4.31 Å². The zero-order valence-electron chi connectivity index (χ0n) is 12.1. The molecule has 2 heterocycles. The maximum absolute atomic E-state index is 12.8. The highest BCUT2D eigenvalue weighted by atomic mass is 32.2. The highest BCUT2D eigenvalue weighted by Crippen LogP contribution is 2.32. The molecule has 0 radical (unpaired) electrons. The number of nitrogens with zero attached hydrogens (tertiary/aromatic N) is 1. The van der Waals surface area contributed by atoms with Gasteiger partial charge in [-0.1, -0.05) is 19.8 Å². The summed E-state index contributed by atoms with van der Waals surface area (Å²) in [7, 11) is -3.42. The van der Waals surface area contributed by atoms with Gasteiger partial charge in [0.2, 0.25) is 0 Å². The second-order valence-corrected chi connectivity index (χ2v) is 8.61. The van der Waals surface area contributed by atoms with Gasteiger partial charge in [0.15, 0.2) is 0 Å². The van der Waals surface area contributed by atoms with Gasteiger partial charge in [0.25, 0.3) is 10.0 Å². The maximum atomic E-state index is 12.8. The monoisotopic (exact) mass is 317 g/mol. The number of hydrogen-bond acceptors (Lipinski definition) is 4. The van der Waals surface area contributed by atoms with E-state index in [1.807, 2.05) is 6.92 Å². The summed E-state index contributed by atoms with van der Waals surface area (Å²) < 4.78 is 27.8. The van der Waals surface area contributed by atoms with Gasteiger partial charge in [-0.05, 0) is 37.8 Å². The van der Waals surface area contributed by atoms with Crippen molar-refractivity contribution in [2.24, 2.45) is 0 Å². The Morgan fingerprint density at radius 1 is 1.40 bits per heavy atom. The number of thiophene rings is 1. The molecular weight excluding hydrogens is 294 g/mol. The molecule has 1 saturated heterocycles. The van der Waals surface area contributed by atoms with E-state index in [0.717, 1.165) is 42.5 Å². The quantitative estimate of drug-likeness (QED) is 0.929. The van der Waals surface area contributed by atoms with Crippen LogP contribution < -0.4 is 0 Å². The van der Waals surface area contributed by atoms with E-state index in [2.05, 4.69) is 6.92 Å². The molecule has 1 fully saturated rings. The van der Waals surface area contributed by atoms with E-state index < -0.39 is 10.0 Å². The van der Waals surface area contributed by atoms with Crippen LogP contribution in [0.1, 0.15) is 49.5 Å². The summed E-state index contributed by atoms with van der Waals surface area (Å²) in [6, 6.07) is 1.81. The molecule has 1 aromatic heterocycles. The van der Waals surface area contributed by atoms with Crippen molar-refractivity contribution in [3.8, 4) is 0 Å². The van der Waals surface area contributed by atoms with Gasteiger partial charge < -0.3 is 5.11 Å². The van der Waals surface area contributed by atoms with E-state index in [4.69, 9.17) is 0 Å². The molecule has 1 aliphatic heterocycles. The van der Waals surface area contributed by atoms with Crippen LogP contribution in [-0.4, -0.2) is 30.4 Å². The van der Waals surface area contributed by atoms with Gasteiger partial charge in [-0.15, -0.1) is 11.3 Å². The number of rotatable bonds is 4. The molecule has 4 nitrogen and oxygen atoms in total. The molecule has 0 spiro atoms. The van der Waals surface area contributed by atoms with E-state index in [0.29, 0.717) is 10.8 Å². The predicted molar refractivity (Wildman–Crippen MR) is 81.4 cm³/mol. The highest BCUT2D eigenvalue weighted by molar-refractivity contribution is 7.91. The summed E-state index contributed by atoms with van der Waals surface area (Å²) in [5.74, 6) is 0. The zero-order chi connectivity index (χ0) is 14.8. The Bertz CT molecular complexity index is 551. The SMILES string of the molecule is CCC1CCCCCN1S(=O)(=O)c1cc(C)c(CO)s1. The minimum absolute atomic E-state index is 0.0940. The molecule has 1 atom stereocenters. The molecule has 1 N–H and O–H groups in total. The van der Waals surface area contributed by atoms with Gasteiger partial charge in [-0.3, -0.25) is 0 Å². The van der Waals surface area contributed by atoms with Crippen molar-refractivity contribution in [2.75, 3.05) is 6.54 Å². The van der Waals surface area contributed by atoms with Crippen molar-refractivity contribution < 1.29 is 13.5 Å². The van der Waals surface area contributed by atoms with Gasteiger partial charge in [0.1, 0.15) is 4.21 Å². The third-order valence-corrected chi connectivity index (χ3v) is 7.62. The first-order chi connectivity index (χ1) is 9.50. The van der Waals surface area contributed by atoms with Crippen LogP contribution in [0, 0.1) is 6.92 Å². The molecule has 0 aliphatic carbocycles. The molecule has 1 aliphatic rings. The first kappa shape index (κ1) is 15.9. The van der Waals surface area contributed by atoms with Crippen molar-refractivity contribution >= 4 is 21.4 Å². The van der Waals surface area contributed by atoms with Crippen LogP contribution in [0.25, 0.3) is 0 Å². The van der Waals surface area contributed by atoms with E-state index in [-0.39, 0.29) is 12.6 Å². The van der Waals surface area contributed by atoms with Crippen molar-refractivity contribution in [1.82, 2.24) is 4.31 Å². The summed E-state index contributed by atoms with van der Waals surface area (Å²) in [6.07, 6.45) is 4.96. The first-order valence-electron chi connectivity index (χ1n) is 7.22. The lowest BCUT2D eigenvalue weighted by Gasteiger charge is -2.27. The molecule has 1 unspecified atom stereocenters. The summed E-state index contributed by atoms with van der Waals surface area (Å²) in [5.41, 5.74) is 0.860. The molecule has 0 amide bonds. The highest BCUT2D eigenvalue weighted by Gasteiger charge is 2.32. The van der Waals surface area contributed by atoms with Crippen LogP contribution in [0.3, 0.4) is 0 Å². The van der Waals surface area contributed by atoms with Crippen molar-refractivity contribution in [2.45, 2.75) is 62.8 Å². The molecule has 0 bridgehead atoms. The van der Waals surface area contributed by atoms with E-state index in [9.17, 15) is 13.5 Å². The van der Waals surface area contributed by atoms with E-state index in [1.54, 1.807) is 10.4 Å². The van der Waals surface area contributed by atoms with Crippen LogP contribution >= 0.6 is 11.3 Å². The largest absolute Gasteiger partial charge is 0.391 e. The summed E-state index contributed by atoms with van der Waals surface area (Å²) >= 11 is 1.20. The van der Waals surface area contributed by atoms with Crippen LogP contribution in [-0.2, 0) is 16.6 Å². The molecular formula is C14H23NO3S2. The van der Waals surface area contributed by atoms with Gasteiger partial charge in [0, 0.05) is 17.5 Å². The molecule has 0 saturated carbocycles. The number of sulfonamides is 1. The average Bonchev–Trinajstić information content (AvgIpc) is 2.66. The number of aliphatic hydroxyl groups is 1. The Balaban J connectivity index is 2.35. The minimum atomic E-state index is -3.42. The summed E-state index contributed by atoms with van der Waals surface area (Å²) in [5, 5.41) is 9.25. The smallest absolute Gasteiger partial charge is 0.252 e. The Morgan fingerprint density at radius 3 is 2.75 bits per heavy atom. The van der Waals surface area contributed by atoms with Crippen LogP contribution in [0.5, 0.6) is 0 Å². The minimum Gasteiger partial charge on any atom is -0.391 e. The second-order valence-electron chi connectivity index (χ2n) is 5.36. The third-order valence-electron chi connectivity index (χ3n) is 4.00. The third kappa shape index (κ3) is 3.08. The lowest BCUT2D eigenvalue weighted by Crippen LogP contribution is -2.39. The fourth-order valence-corrected chi connectivity index (χ4v) is 6.11. The standard InChI is InChI=1S/C14H23NO3S2/c1-3-12-7-5-4-6-8-15(12)20(17,18)14-9-11(2)13(10-16)19-14/h9,12,16H,3-8,10H2,1-2H3. The number of aryl methyl sites for hydroxylation is 1. The Kier molecular flexibility index (Phi) is 5.23. The normalized spacial score (nSPS) is 21.9. The summed E-state index contributed by atoms with van der Waals surface area (Å²) in [4.78, 5) is 0.742. The lowest BCUT2D eigenvalue weighted by molar-refractivity contribution is 0.285. The molecule has 0 aromatic carbocycles. The average molecular weight is 317 g/mol. The van der Waals surface area contributed by atoms with Gasteiger partial charge in [0.05, 0.1) is 6.61 Å². The van der Waals surface area contributed by atoms with E-state index in [1.165, 1.54) is 11.3 Å². The lowest BCUT2D eigenvalue weighted by atomic mass is 10.1. The van der Waals surface area contributed by atoms with Crippen molar-refractivity contribution in [3.05, 3.63) is 16.5 Å². The molecule has 1 aromatic rings. The zero-order valence-corrected chi connectivity index (χ0v) is 13.8. The topological polar surface area (TPSA) is 57.6 Å². The first-order valence-corrected chi connectivity index (χ1v) is 9.48. The fraction of sp³-hybridized carbons (Fsp3) is 0.714. The summed E-state index contributed by atoms with van der Waals surface area (Å²) in [6.45, 7) is 4.42. The number of aliphatic hydroxyl groups excluding tert-OH is 1. The number of hydrogen-bond donors (Lipinski definition) is 1. The molecule has 2 rings (SSSR count). The van der Waals surface area contributed by atoms with Crippen molar-refractivity contribution in [1.29, 1.82) is 0 Å². The molecule has 114 valence electrons. The Morgan fingerprint density at radius 2 is 2.15 bits per heavy atom.